The van der Waals surface area contributed by atoms with Crippen LogP contribution >= 0.6 is 11.8 Å². The fourth-order valence-electron chi connectivity index (χ4n) is 3.28. The number of benzene rings is 2. The zero-order chi connectivity index (χ0) is 21.5. The number of thioether (sulfide) groups is 1. The first-order valence-corrected chi connectivity index (χ1v) is 11.1. The Morgan fingerprint density at radius 2 is 1.90 bits per heavy atom. The Labute approximate surface area is 181 Å². The molecule has 2 aromatic carbocycles. The summed E-state index contributed by atoms with van der Waals surface area (Å²) in [5, 5.41) is 2.67. The zero-order valence-corrected chi connectivity index (χ0v) is 18.0. The Kier molecular flexibility index (Phi) is 7.52. The third kappa shape index (κ3) is 5.42. The van der Waals surface area contributed by atoms with Crippen molar-refractivity contribution in [3.8, 4) is 0 Å². The molecule has 1 saturated heterocycles. The van der Waals surface area contributed by atoms with Crippen molar-refractivity contribution in [1.29, 1.82) is 0 Å². The van der Waals surface area contributed by atoms with Crippen molar-refractivity contribution in [2.45, 2.75) is 38.5 Å². The number of amides is 2. The summed E-state index contributed by atoms with van der Waals surface area (Å²) < 4.78 is 4.85. The number of nitrogens with zero attached hydrogens (tertiary/aromatic N) is 1. The molecule has 1 aliphatic rings. The number of hydrogen-bond donors (Lipinski definition) is 1. The molecule has 7 heteroatoms. The number of nitrogens with one attached hydrogen (secondary N) is 1. The van der Waals surface area contributed by atoms with E-state index in [0.717, 1.165) is 17.7 Å². The van der Waals surface area contributed by atoms with Crippen LogP contribution in [0, 0.1) is 0 Å². The third-order valence-electron chi connectivity index (χ3n) is 4.81. The van der Waals surface area contributed by atoms with E-state index in [9.17, 15) is 14.4 Å². The zero-order valence-electron chi connectivity index (χ0n) is 17.2. The van der Waals surface area contributed by atoms with Gasteiger partial charge in [0.05, 0.1) is 18.8 Å². The summed E-state index contributed by atoms with van der Waals surface area (Å²) in [7, 11) is 0. The summed E-state index contributed by atoms with van der Waals surface area (Å²) in [6.45, 7) is 4.13. The molecule has 0 saturated carbocycles. The van der Waals surface area contributed by atoms with Crippen LogP contribution in [0.4, 0.5) is 11.4 Å². The van der Waals surface area contributed by atoms with Crippen molar-refractivity contribution >= 4 is 40.9 Å². The highest BCUT2D eigenvalue weighted by atomic mass is 32.2. The van der Waals surface area contributed by atoms with Crippen LogP contribution in [0.25, 0.3) is 0 Å². The lowest BCUT2D eigenvalue weighted by Gasteiger charge is -2.25. The molecule has 30 heavy (non-hydrogen) atoms. The van der Waals surface area contributed by atoms with E-state index in [4.69, 9.17) is 4.74 Å². The molecule has 158 valence electrons. The lowest BCUT2D eigenvalue weighted by atomic mass is 10.1. The molecule has 1 unspecified atom stereocenters. The van der Waals surface area contributed by atoms with Gasteiger partial charge in [-0.25, -0.2) is 0 Å². The maximum atomic E-state index is 12.6. The number of hydrogen-bond acceptors (Lipinski definition) is 5. The van der Waals surface area contributed by atoms with Gasteiger partial charge in [-0.1, -0.05) is 31.2 Å². The predicted molar refractivity (Wildman–Crippen MR) is 119 cm³/mol. The Morgan fingerprint density at radius 3 is 2.60 bits per heavy atom. The smallest absolute Gasteiger partial charge is 0.306 e. The van der Waals surface area contributed by atoms with Crippen LogP contribution in [-0.2, 0) is 25.5 Å². The first kappa shape index (κ1) is 21.9. The number of rotatable bonds is 8. The summed E-state index contributed by atoms with van der Waals surface area (Å²) in [5.41, 5.74) is 3.68. The molecule has 2 amide bonds. The van der Waals surface area contributed by atoms with E-state index in [1.165, 1.54) is 5.56 Å². The molecule has 3 rings (SSSR count). The van der Waals surface area contributed by atoms with Gasteiger partial charge in [0, 0.05) is 17.8 Å². The van der Waals surface area contributed by atoms with E-state index < -0.39 is 0 Å². The molecule has 1 N–H and O–H groups in total. The Bertz CT molecular complexity index is 914. The second-order valence-electron chi connectivity index (χ2n) is 6.93. The minimum absolute atomic E-state index is 0.0495. The van der Waals surface area contributed by atoms with Gasteiger partial charge in [0.2, 0.25) is 11.8 Å². The monoisotopic (exact) mass is 426 g/mol. The topological polar surface area (TPSA) is 75.7 Å². The molecular weight excluding hydrogens is 400 g/mol. The van der Waals surface area contributed by atoms with Crippen molar-refractivity contribution in [2.75, 3.05) is 22.6 Å². The number of carbonyl (C=O) groups excluding carboxylic acids is 3. The molecule has 0 aliphatic carbocycles. The van der Waals surface area contributed by atoms with Crippen LogP contribution in [0.3, 0.4) is 0 Å². The van der Waals surface area contributed by atoms with Crippen molar-refractivity contribution < 1.29 is 19.1 Å². The summed E-state index contributed by atoms with van der Waals surface area (Å²) in [4.78, 5) is 38.0. The standard InChI is InChI=1S/C23H26N2O4S/c1-3-16-8-10-19(11-9-16)25-21(27)15-30-23(25)17-6-5-7-18(14-17)24-20(26)12-13-22(28)29-4-2/h5-11,14,23H,3-4,12-13,15H2,1-2H3,(H,24,26). The minimum atomic E-state index is -0.382. The molecule has 1 fully saturated rings. The lowest BCUT2D eigenvalue weighted by molar-refractivity contribution is -0.144. The maximum Gasteiger partial charge on any atom is 0.306 e. The van der Waals surface area contributed by atoms with Crippen LogP contribution in [0.15, 0.2) is 48.5 Å². The predicted octanol–water partition coefficient (Wildman–Crippen LogP) is 4.31. The molecule has 0 aromatic heterocycles. The normalized spacial score (nSPS) is 15.9. The van der Waals surface area contributed by atoms with Crippen molar-refractivity contribution in [3.05, 3.63) is 59.7 Å². The van der Waals surface area contributed by atoms with Gasteiger partial charge < -0.3 is 10.1 Å². The molecule has 6 nitrogen and oxygen atoms in total. The van der Waals surface area contributed by atoms with Gasteiger partial charge in [0.25, 0.3) is 0 Å². The van der Waals surface area contributed by atoms with E-state index in [-0.39, 0.29) is 36.0 Å². The molecule has 0 radical (unpaired) electrons. The summed E-state index contributed by atoms with van der Waals surface area (Å²) in [5.74, 6) is -0.149. The van der Waals surface area contributed by atoms with Gasteiger partial charge >= 0.3 is 5.97 Å². The average Bonchev–Trinajstić information content (AvgIpc) is 3.14. The maximum absolute atomic E-state index is 12.6. The van der Waals surface area contributed by atoms with E-state index in [0.29, 0.717) is 18.0 Å². The van der Waals surface area contributed by atoms with E-state index in [1.807, 2.05) is 47.4 Å². The molecule has 1 atom stereocenters. The fourth-order valence-corrected chi connectivity index (χ4v) is 4.45. The van der Waals surface area contributed by atoms with Crippen molar-refractivity contribution in [3.63, 3.8) is 0 Å². The minimum Gasteiger partial charge on any atom is -0.466 e. The second kappa shape index (κ2) is 10.3. The fraction of sp³-hybridized carbons (Fsp3) is 0.348. The van der Waals surface area contributed by atoms with Gasteiger partial charge in [0.15, 0.2) is 0 Å². The molecule has 1 aliphatic heterocycles. The van der Waals surface area contributed by atoms with Gasteiger partial charge in [-0.05, 0) is 48.7 Å². The Hall–Kier alpha value is -2.80. The highest BCUT2D eigenvalue weighted by molar-refractivity contribution is 8.00. The largest absolute Gasteiger partial charge is 0.466 e. The molecule has 0 bridgehead atoms. The number of aryl methyl sites for hydroxylation is 1. The molecule has 2 aromatic rings. The quantitative estimate of drug-likeness (QED) is 0.637. The van der Waals surface area contributed by atoms with E-state index in [1.54, 1.807) is 24.8 Å². The van der Waals surface area contributed by atoms with Crippen LogP contribution in [-0.4, -0.2) is 30.1 Å². The van der Waals surface area contributed by atoms with Crippen LogP contribution in [0.2, 0.25) is 0 Å². The third-order valence-corrected chi connectivity index (χ3v) is 6.02. The number of esters is 1. The Morgan fingerprint density at radius 1 is 1.13 bits per heavy atom. The van der Waals surface area contributed by atoms with Gasteiger partial charge in [-0.15, -0.1) is 11.8 Å². The number of ether oxygens (including phenoxy) is 1. The Balaban J connectivity index is 1.71. The van der Waals surface area contributed by atoms with Gasteiger partial charge in [-0.3, -0.25) is 19.3 Å². The first-order valence-electron chi connectivity index (χ1n) is 10.1. The summed E-state index contributed by atoms with van der Waals surface area (Å²) >= 11 is 1.57. The summed E-state index contributed by atoms with van der Waals surface area (Å²) in [6, 6.07) is 15.6. The SMILES string of the molecule is CCOC(=O)CCC(=O)Nc1cccc(C2SCC(=O)N2c2ccc(CC)cc2)c1. The molecule has 0 spiro atoms. The molecular formula is C23H26N2O4S. The van der Waals surface area contributed by atoms with E-state index in [2.05, 4.69) is 12.2 Å². The van der Waals surface area contributed by atoms with Gasteiger partial charge in [-0.2, -0.15) is 0 Å². The first-order chi connectivity index (χ1) is 14.5. The lowest BCUT2D eigenvalue weighted by Crippen LogP contribution is -2.27. The van der Waals surface area contributed by atoms with Crippen LogP contribution < -0.4 is 10.2 Å². The average molecular weight is 427 g/mol. The van der Waals surface area contributed by atoms with Crippen LogP contribution in [0.5, 0.6) is 0 Å². The summed E-state index contributed by atoms with van der Waals surface area (Å²) in [6.07, 6.45) is 1.06. The highest BCUT2D eigenvalue weighted by Crippen LogP contribution is 2.42. The second-order valence-corrected chi connectivity index (χ2v) is 7.99. The highest BCUT2D eigenvalue weighted by Gasteiger charge is 2.34. The number of carbonyl (C=O) groups is 3. The van der Waals surface area contributed by atoms with Crippen molar-refractivity contribution in [2.24, 2.45) is 0 Å². The van der Waals surface area contributed by atoms with Crippen molar-refractivity contribution in [1.82, 2.24) is 0 Å². The van der Waals surface area contributed by atoms with E-state index >= 15 is 0 Å². The molecule has 1 heterocycles. The van der Waals surface area contributed by atoms with Gasteiger partial charge in [0.1, 0.15) is 5.37 Å². The number of anilines is 2. The van der Waals surface area contributed by atoms with Crippen LogP contribution in [0.1, 0.15) is 43.2 Å².